The molecule has 0 saturated carbocycles. The van der Waals surface area contributed by atoms with Crippen LogP contribution in [0.2, 0.25) is 0 Å². The van der Waals surface area contributed by atoms with Crippen molar-refractivity contribution < 1.29 is 9.90 Å². The van der Waals surface area contributed by atoms with Crippen LogP contribution in [0.3, 0.4) is 0 Å². The summed E-state index contributed by atoms with van der Waals surface area (Å²) in [6, 6.07) is 7.80. The van der Waals surface area contributed by atoms with Crippen molar-refractivity contribution >= 4 is 47.1 Å². The van der Waals surface area contributed by atoms with Crippen molar-refractivity contribution in [1.82, 2.24) is 4.57 Å². The van der Waals surface area contributed by atoms with Gasteiger partial charge in [0.25, 0.3) is 0 Å². The number of hydrogen-bond donors (Lipinski definition) is 1. The summed E-state index contributed by atoms with van der Waals surface area (Å²) in [6.07, 6.45) is 5.11. The number of thiazole rings is 1. The third-order valence-electron chi connectivity index (χ3n) is 3.57. The van der Waals surface area contributed by atoms with Crippen molar-refractivity contribution in [2.45, 2.75) is 19.9 Å². The number of benzene rings is 1. The van der Waals surface area contributed by atoms with Gasteiger partial charge in [-0.3, -0.25) is 9.36 Å². The zero-order valence-corrected chi connectivity index (χ0v) is 13.9. The van der Waals surface area contributed by atoms with Gasteiger partial charge in [0.1, 0.15) is 0 Å². The van der Waals surface area contributed by atoms with Crippen LogP contribution >= 0.6 is 23.6 Å². The summed E-state index contributed by atoms with van der Waals surface area (Å²) in [6.45, 7) is 3.92. The number of carbonyl (C=O) groups excluding carboxylic acids is 1. The second-order valence-corrected chi connectivity index (χ2v) is 7.04. The number of allylic oxidation sites excluding steroid dienone is 2. The molecule has 3 rings (SSSR count). The van der Waals surface area contributed by atoms with Crippen LogP contribution in [0.4, 0.5) is 0 Å². The van der Waals surface area contributed by atoms with Gasteiger partial charge >= 0.3 is 0 Å². The van der Waals surface area contributed by atoms with Crippen molar-refractivity contribution in [3.05, 3.63) is 50.3 Å². The van der Waals surface area contributed by atoms with Crippen LogP contribution in [0.25, 0.3) is 17.7 Å². The van der Waals surface area contributed by atoms with Gasteiger partial charge in [0, 0.05) is 11.6 Å². The predicted octanol–water partition coefficient (Wildman–Crippen LogP) is 4.70. The van der Waals surface area contributed by atoms with Gasteiger partial charge < -0.3 is 5.11 Å². The first-order valence-electron chi connectivity index (χ1n) is 6.97. The molecule has 112 valence electrons. The van der Waals surface area contributed by atoms with Gasteiger partial charge in [-0.1, -0.05) is 30.3 Å². The Morgan fingerprint density at radius 3 is 2.68 bits per heavy atom. The number of aromatic nitrogens is 1. The smallest absolute Gasteiger partial charge is 0.210 e. The van der Waals surface area contributed by atoms with Crippen LogP contribution in [0.5, 0.6) is 5.88 Å². The van der Waals surface area contributed by atoms with E-state index in [4.69, 9.17) is 12.2 Å². The minimum atomic E-state index is -0.0616. The Bertz CT molecular complexity index is 869. The molecule has 0 saturated heterocycles. The third kappa shape index (κ3) is 2.46. The van der Waals surface area contributed by atoms with E-state index in [9.17, 15) is 9.90 Å². The molecule has 3 nitrogen and oxygen atoms in total. The normalized spacial score (nSPS) is 15.6. The Kier molecular flexibility index (Phi) is 3.85. The highest BCUT2D eigenvalue weighted by Crippen LogP contribution is 2.35. The van der Waals surface area contributed by atoms with E-state index in [2.05, 4.69) is 0 Å². The molecule has 0 bridgehead atoms. The molecule has 1 heterocycles. The Balaban J connectivity index is 2.17. The molecular weight excluding hydrogens is 314 g/mol. The molecule has 5 heteroatoms. The maximum absolute atomic E-state index is 12.2. The molecule has 1 aromatic carbocycles. The molecule has 0 fully saturated rings. The molecule has 1 aromatic heterocycles. The molecule has 0 unspecified atom stereocenters. The predicted molar refractivity (Wildman–Crippen MR) is 93.5 cm³/mol. The van der Waals surface area contributed by atoms with Crippen molar-refractivity contribution in [2.24, 2.45) is 0 Å². The Labute approximate surface area is 137 Å². The topological polar surface area (TPSA) is 42.2 Å². The number of fused-ring (bicyclic) bond motifs is 1. The first-order chi connectivity index (χ1) is 10.5. The number of carbonyl (C=O) groups is 1. The minimum Gasteiger partial charge on any atom is -0.493 e. The number of rotatable bonds is 2. The average molecular weight is 329 g/mol. The summed E-state index contributed by atoms with van der Waals surface area (Å²) in [7, 11) is 0. The van der Waals surface area contributed by atoms with E-state index in [-0.39, 0.29) is 17.7 Å². The second-order valence-electron chi connectivity index (χ2n) is 5.36. The van der Waals surface area contributed by atoms with E-state index in [1.54, 1.807) is 16.7 Å². The van der Waals surface area contributed by atoms with E-state index >= 15 is 0 Å². The lowest BCUT2D eigenvalue weighted by molar-refractivity contribution is -0.109. The van der Waals surface area contributed by atoms with Crippen molar-refractivity contribution in [3.63, 3.8) is 0 Å². The van der Waals surface area contributed by atoms with Crippen molar-refractivity contribution in [2.75, 3.05) is 0 Å². The molecule has 0 spiro atoms. The average Bonchev–Trinajstić information content (AvgIpc) is 2.76. The van der Waals surface area contributed by atoms with E-state index in [0.29, 0.717) is 14.4 Å². The van der Waals surface area contributed by atoms with Gasteiger partial charge in [-0.2, -0.15) is 0 Å². The zero-order valence-electron chi connectivity index (χ0n) is 12.2. The van der Waals surface area contributed by atoms with E-state index in [0.717, 1.165) is 11.1 Å². The molecule has 1 aliphatic carbocycles. The molecule has 0 aliphatic heterocycles. The van der Waals surface area contributed by atoms with Crippen LogP contribution in [-0.4, -0.2) is 15.5 Å². The lowest BCUT2D eigenvalue weighted by Crippen LogP contribution is -2.04. The first kappa shape index (κ1) is 14.9. The Morgan fingerprint density at radius 2 is 2.00 bits per heavy atom. The molecule has 1 aliphatic rings. The maximum atomic E-state index is 12.2. The maximum Gasteiger partial charge on any atom is 0.210 e. The van der Waals surface area contributed by atoms with Gasteiger partial charge in [0.05, 0.1) is 4.88 Å². The fourth-order valence-corrected chi connectivity index (χ4v) is 4.02. The SMILES string of the molecule is CC(C)n1c(O)c(/C=C2\C(=O)C=Cc3ccccc32)sc1=S. The van der Waals surface area contributed by atoms with E-state index in [1.165, 1.54) is 11.3 Å². The summed E-state index contributed by atoms with van der Waals surface area (Å²) in [5.74, 6) is 0.0610. The fraction of sp³-hybridized carbons (Fsp3) is 0.176. The van der Waals surface area contributed by atoms with Gasteiger partial charge in [-0.05, 0) is 49.3 Å². The summed E-state index contributed by atoms with van der Waals surface area (Å²) in [5, 5.41) is 10.4. The number of nitrogens with zero attached hydrogens (tertiary/aromatic N) is 1. The molecule has 22 heavy (non-hydrogen) atoms. The minimum absolute atomic E-state index is 0.0616. The second kappa shape index (κ2) is 5.66. The highest BCUT2D eigenvalue weighted by atomic mass is 32.1. The van der Waals surface area contributed by atoms with Crippen LogP contribution in [-0.2, 0) is 4.79 Å². The van der Waals surface area contributed by atoms with Gasteiger partial charge in [-0.25, -0.2) is 0 Å². The van der Waals surface area contributed by atoms with Crippen LogP contribution in [0, 0.1) is 3.95 Å². The standard InChI is InChI=1S/C17H15NO2S2/c1-10(2)18-16(20)15(22-17(18)21)9-13-12-6-4-3-5-11(12)7-8-14(13)19/h3-10,20H,1-2H3/b13-9-. The van der Waals surface area contributed by atoms with Gasteiger partial charge in [0.15, 0.2) is 9.74 Å². The van der Waals surface area contributed by atoms with Gasteiger partial charge in [-0.15, -0.1) is 11.3 Å². The Hall–Kier alpha value is -1.98. The molecule has 0 atom stereocenters. The van der Waals surface area contributed by atoms with E-state index in [1.807, 2.05) is 44.2 Å². The number of aromatic hydroxyl groups is 1. The highest BCUT2D eigenvalue weighted by molar-refractivity contribution is 7.73. The molecule has 0 amide bonds. The van der Waals surface area contributed by atoms with Crippen molar-refractivity contribution in [1.29, 1.82) is 0 Å². The molecular formula is C17H15NO2S2. The first-order valence-corrected chi connectivity index (χ1v) is 8.19. The summed E-state index contributed by atoms with van der Waals surface area (Å²) >= 11 is 6.62. The van der Waals surface area contributed by atoms with Crippen LogP contribution in [0.15, 0.2) is 30.3 Å². The third-order valence-corrected chi connectivity index (χ3v) is 4.90. The largest absolute Gasteiger partial charge is 0.493 e. The quantitative estimate of drug-likeness (QED) is 0.641. The highest BCUT2D eigenvalue weighted by Gasteiger charge is 2.19. The number of hydrogen-bond acceptors (Lipinski definition) is 4. The molecule has 2 aromatic rings. The summed E-state index contributed by atoms with van der Waals surface area (Å²) in [4.78, 5) is 12.9. The summed E-state index contributed by atoms with van der Waals surface area (Å²) in [5.41, 5.74) is 2.46. The lowest BCUT2D eigenvalue weighted by Gasteiger charge is -2.13. The van der Waals surface area contributed by atoms with Crippen LogP contribution < -0.4 is 0 Å². The molecule has 0 radical (unpaired) electrons. The number of ketones is 1. The fourth-order valence-electron chi connectivity index (χ4n) is 2.50. The lowest BCUT2D eigenvalue weighted by atomic mass is 9.91. The monoisotopic (exact) mass is 329 g/mol. The Morgan fingerprint density at radius 1 is 1.27 bits per heavy atom. The van der Waals surface area contributed by atoms with Crippen LogP contribution in [0.1, 0.15) is 35.9 Å². The summed E-state index contributed by atoms with van der Waals surface area (Å²) < 4.78 is 2.30. The van der Waals surface area contributed by atoms with E-state index < -0.39 is 0 Å². The van der Waals surface area contributed by atoms with Gasteiger partial charge in [0.2, 0.25) is 5.88 Å². The molecule has 1 N–H and O–H groups in total. The van der Waals surface area contributed by atoms with Crippen molar-refractivity contribution in [3.8, 4) is 5.88 Å². The zero-order chi connectivity index (χ0) is 15.9.